The van der Waals surface area contributed by atoms with Crippen molar-refractivity contribution >= 4 is 17.6 Å². The van der Waals surface area contributed by atoms with Gasteiger partial charge in [-0.15, -0.1) is 0 Å². The lowest BCUT2D eigenvalue weighted by Crippen LogP contribution is -2.42. The molecule has 1 aliphatic rings. The number of carbonyl (C=O) groups is 2. The highest BCUT2D eigenvalue weighted by molar-refractivity contribution is 5.94. The molecule has 7 nitrogen and oxygen atoms in total. The lowest BCUT2D eigenvalue weighted by Gasteiger charge is -2.26. The molecule has 2 heterocycles. The monoisotopic (exact) mass is 280 g/mol. The minimum atomic E-state index is -0.275. The highest BCUT2D eigenvalue weighted by Gasteiger charge is 2.25. The normalized spacial score (nSPS) is 15.9. The lowest BCUT2D eigenvalue weighted by molar-refractivity contribution is -0.137. The summed E-state index contributed by atoms with van der Waals surface area (Å²) in [6.45, 7) is 3.48. The van der Waals surface area contributed by atoms with Crippen LogP contribution in [0, 0.1) is 12.8 Å². The van der Waals surface area contributed by atoms with Gasteiger partial charge in [0.15, 0.2) is 5.82 Å². The van der Waals surface area contributed by atoms with Crippen LogP contribution in [0.25, 0.3) is 0 Å². The zero-order valence-electron chi connectivity index (χ0n) is 11.8. The van der Waals surface area contributed by atoms with E-state index in [1.165, 1.54) is 4.90 Å². The molecule has 7 heteroatoms. The summed E-state index contributed by atoms with van der Waals surface area (Å²) in [4.78, 5) is 25.5. The fourth-order valence-electron chi connectivity index (χ4n) is 2.28. The molecular weight excluding hydrogens is 260 g/mol. The van der Waals surface area contributed by atoms with Crippen molar-refractivity contribution in [1.82, 2.24) is 15.4 Å². The van der Waals surface area contributed by atoms with E-state index < -0.39 is 0 Å². The second-order valence-electron chi connectivity index (χ2n) is 5.09. The van der Waals surface area contributed by atoms with Crippen LogP contribution in [0.5, 0.6) is 0 Å². The summed E-state index contributed by atoms with van der Waals surface area (Å²) in [5.41, 5.74) is 0. The largest absolute Gasteiger partial charge is 0.360 e. The van der Waals surface area contributed by atoms with Gasteiger partial charge in [-0.25, -0.2) is 0 Å². The van der Waals surface area contributed by atoms with Crippen molar-refractivity contribution in [1.29, 1.82) is 0 Å². The van der Waals surface area contributed by atoms with E-state index in [1.807, 2.05) is 0 Å². The molecule has 0 saturated carbocycles. The molecule has 0 spiro atoms. The number of carbonyl (C=O) groups excluding carboxylic acids is 2. The molecule has 1 aromatic heterocycles. The van der Waals surface area contributed by atoms with Gasteiger partial charge in [-0.1, -0.05) is 5.16 Å². The van der Waals surface area contributed by atoms with Crippen molar-refractivity contribution in [3.63, 3.8) is 0 Å². The zero-order valence-corrected chi connectivity index (χ0v) is 11.8. The number of aromatic nitrogens is 1. The Bertz CT molecular complexity index is 480. The van der Waals surface area contributed by atoms with Crippen molar-refractivity contribution in [2.45, 2.75) is 19.8 Å². The average molecular weight is 280 g/mol. The SMILES string of the molecule is Cc1cc(NC(=O)CN(C)C(=O)C2CCNCC2)no1. The van der Waals surface area contributed by atoms with Crippen molar-refractivity contribution in [3.8, 4) is 0 Å². The lowest BCUT2D eigenvalue weighted by atomic mass is 9.97. The van der Waals surface area contributed by atoms with Gasteiger partial charge >= 0.3 is 0 Å². The molecule has 110 valence electrons. The van der Waals surface area contributed by atoms with Gasteiger partial charge in [0, 0.05) is 19.0 Å². The topological polar surface area (TPSA) is 87.5 Å². The molecule has 0 bridgehead atoms. The molecule has 1 aliphatic heterocycles. The van der Waals surface area contributed by atoms with Crippen LogP contribution < -0.4 is 10.6 Å². The molecule has 1 aromatic rings. The van der Waals surface area contributed by atoms with E-state index in [9.17, 15) is 9.59 Å². The summed E-state index contributed by atoms with van der Waals surface area (Å²) < 4.78 is 4.86. The number of nitrogens with one attached hydrogen (secondary N) is 2. The van der Waals surface area contributed by atoms with Crippen LogP contribution in [0.2, 0.25) is 0 Å². The molecule has 1 saturated heterocycles. The Balaban J connectivity index is 1.82. The number of aryl methyl sites for hydroxylation is 1. The van der Waals surface area contributed by atoms with E-state index in [0.717, 1.165) is 25.9 Å². The standard InChI is InChI=1S/C13H20N4O3/c1-9-7-11(16-20-9)15-12(18)8-17(2)13(19)10-3-5-14-6-4-10/h7,10,14H,3-6,8H2,1-2H3,(H,15,16,18). The molecule has 0 radical (unpaired) electrons. The summed E-state index contributed by atoms with van der Waals surface area (Å²) in [7, 11) is 1.65. The molecule has 20 heavy (non-hydrogen) atoms. The Hall–Kier alpha value is -1.89. The van der Waals surface area contributed by atoms with E-state index >= 15 is 0 Å². The first-order valence-corrected chi connectivity index (χ1v) is 6.75. The molecule has 0 aromatic carbocycles. The van der Waals surface area contributed by atoms with Crippen LogP contribution in [0.15, 0.2) is 10.6 Å². The van der Waals surface area contributed by atoms with Gasteiger partial charge in [-0.05, 0) is 32.9 Å². The van der Waals surface area contributed by atoms with Gasteiger partial charge in [-0.3, -0.25) is 9.59 Å². The third kappa shape index (κ3) is 3.80. The van der Waals surface area contributed by atoms with E-state index in [2.05, 4.69) is 15.8 Å². The van der Waals surface area contributed by atoms with Gasteiger partial charge in [0.1, 0.15) is 5.76 Å². The minimum Gasteiger partial charge on any atom is -0.360 e. The van der Waals surface area contributed by atoms with E-state index in [4.69, 9.17) is 4.52 Å². The molecule has 0 atom stereocenters. The minimum absolute atomic E-state index is 0.0170. The third-order valence-electron chi connectivity index (χ3n) is 3.34. The number of hydrogen-bond acceptors (Lipinski definition) is 5. The summed E-state index contributed by atoms with van der Waals surface area (Å²) in [5.74, 6) is 0.763. The first-order chi connectivity index (χ1) is 9.56. The molecule has 2 N–H and O–H groups in total. The maximum absolute atomic E-state index is 12.2. The van der Waals surface area contributed by atoms with E-state index in [1.54, 1.807) is 20.0 Å². The van der Waals surface area contributed by atoms with Crippen LogP contribution in [0.3, 0.4) is 0 Å². The Morgan fingerprint density at radius 2 is 2.20 bits per heavy atom. The van der Waals surface area contributed by atoms with Crippen LogP contribution in [0.1, 0.15) is 18.6 Å². The fraction of sp³-hybridized carbons (Fsp3) is 0.615. The predicted octanol–water partition coefficient (Wildman–Crippen LogP) is 0.380. The van der Waals surface area contributed by atoms with E-state index in [-0.39, 0.29) is 24.3 Å². The highest BCUT2D eigenvalue weighted by Crippen LogP contribution is 2.14. The van der Waals surface area contributed by atoms with Crippen LogP contribution in [-0.4, -0.2) is 48.6 Å². The smallest absolute Gasteiger partial charge is 0.245 e. The highest BCUT2D eigenvalue weighted by atomic mass is 16.5. The zero-order chi connectivity index (χ0) is 14.5. The maximum Gasteiger partial charge on any atom is 0.245 e. The Labute approximate surface area is 117 Å². The Morgan fingerprint density at radius 1 is 1.50 bits per heavy atom. The Kier molecular flexibility index (Phi) is 4.73. The molecular formula is C13H20N4O3. The number of anilines is 1. The number of nitrogens with zero attached hydrogens (tertiary/aromatic N) is 2. The van der Waals surface area contributed by atoms with Crippen molar-refractivity contribution in [3.05, 3.63) is 11.8 Å². The van der Waals surface area contributed by atoms with Gasteiger partial charge in [0.2, 0.25) is 11.8 Å². The van der Waals surface area contributed by atoms with E-state index in [0.29, 0.717) is 11.6 Å². The van der Waals surface area contributed by atoms with Gasteiger partial charge < -0.3 is 20.1 Å². The second kappa shape index (κ2) is 6.51. The summed E-state index contributed by atoms with van der Waals surface area (Å²) in [5, 5.41) is 9.50. The quantitative estimate of drug-likeness (QED) is 0.832. The first-order valence-electron chi connectivity index (χ1n) is 6.75. The molecule has 1 fully saturated rings. The van der Waals surface area contributed by atoms with Crippen molar-refractivity contribution in [2.24, 2.45) is 5.92 Å². The number of rotatable bonds is 4. The Morgan fingerprint density at radius 3 is 2.80 bits per heavy atom. The van der Waals surface area contributed by atoms with Gasteiger partial charge in [0.25, 0.3) is 0 Å². The fourth-order valence-corrected chi connectivity index (χ4v) is 2.28. The van der Waals surface area contributed by atoms with Crippen LogP contribution in [0.4, 0.5) is 5.82 Å². The average Bonchev–Trinajstić information content (AvgIpc) is 2.84. The molecule has 2 rings (SSSR count). The number of likely N-dealkylation sites (N-methyl/N-ethyl adjacent to an activating group) is 1. The van der Waals surface area contributed by atoms with Gasteiger partial charge in [0.05, 0.1) is 6.54 Å². The van der Waals surface area contributed by atoms with Crippen LogP contribution in [-0.2, 0) is 9.59 Å². The number of piperidine rings is 1. The summed E-state index contributed by atoms with van der Waals surface area (Å²) in [6.07, 6.45) is 1.65. The van der Waals surface area contributed by atoms with Crippen molar-refractivity contribution < 1.29 is 14.1 Å². The molecule has 0 unspecified atom stereocenters. The van der Waals surface area contributed by atoms with Crippen LogP contribution >= 0.6 is 0 Å². The van der Waals surface area contributed by atoms with Crippen molar-refractivity contribution in [2.75, 3.05) is 32.0 Å². The maximum atomic E-state index is 12.2. The summed E-state index contributed by atoms with van der Waals surface area (Å²) >= 11 is 0. The molecule has 2 amide bonds. The second-order valence-corrected chi connectivity index (χ2v) is 5.09. The summed E-state index contributed by atoms with van der Waals surface area (Å²) in [6, 6.07) is 1.63. The molecule has 0 aliphatic carbocycles. The van der Waals surface area contributed by atoms with Gasteiger partial charge in [-0.2, -0.15) is 0 Å². The third-order valence-corrected chi connectivity index (χ3v) is 3.34. The number of amides is 2. The number of hydrogen-bond donors (Lipinski definition) is 2. The first kappa shape index (κ1) is 14.5. The predicted molar refractivity (Wildman–Crippen MR) is 73.1 cm³/mol.